The number of hydrogen-bond donors (Lipinski definition) is 1. The first kappa shape index (κ1) is 20.8. The first-order chi connectivity index (χ1) is 16.0. The lowest BCUT2D eigenvalue weighted by molar-refractivity contribution is 0.0714. The lowest BCUT2D eigenvalue weighted by atomic mass is 9.97. The van der Waals surface area contributed by atoms with E-state index in [0.717, 1.165) is 0 Å². The van der Waals surface area contributed by atoms with Crippen molar-refractivity contribution in [3.05, 3.63) is 105 Å². The van der Waals surface area contributed by atoms with Gasteiger partial charge in [0.15, 0.2) is 16.9 Å². The summed E-state index contributed by atoms with van der Waals surface area (Å²) < 4.78 is 24.9. The number of ether oxygens (including phenoxy) is 1. The van der Waals surface area contributed by atoms with Gasteiger partial charge in [-0.2, -0.15) is 0 Å². The molecule has 6 nitrogen and oxygen atoms in total. The smallest absolute Gasteiger partial charge is 0.291 e. The number of rotatable bonds is 5. The molecule has 1 amide bonds. The maximum atomic E-state index is 13.5. The number of carbonyl (C=O) groups is 1. The summed E-state index contributed by atoms with van der Waals surface area (Å²) >= 11 is 0. The molecule has 0 saturated heterocycles. The van der Waals surface area contributed by atoms with Crippen molar-refractivity contribution in [3.63, 3.8) is 0 Å². The largest absolute Gasteiger partial charge is 0.504 e. The van der Waals surface area contributed by atoms with Crippen molar-refractivity contribution in [3.8, 4) is 11.5 Å². The molecule has 1 aliphatic rings. The average molecular weight is 445 g/mol. The van der Waals surface area contributed by atoms with Crippen molar-refractivity contribution in [1.29, 1.82) is 0 Å². The van der Waals surface area contributed by atoms with Crippen LogP contribution < -0.4 is 10.2 Å². The molecule has 7 heteroatoms. The third-order valence-electron chi connectivity index (χ3n) is 5.74. The van der Waals surface area contributed by atoms with E-state index in [4.69, 9.17) is 9.15 Å². The highest BCUT2D eigenvalue weighted by Crippen LogP contribution is 2.41. The van der Waals surface area contributed by atoms with Gasteiger partial charge in [0.05, 0.1) is 23.6 Å². The van der Waals surface area contributed by atoms with E-state index in [1.165, 1.54) is 23.1 Å². The molecule has 33 heavy (non-hydrogen) atoms. The molecular formula is C26H20FNO5. The number of carbonyl (C=O) groups excluding carboxylic acids is 1. The Balaban J connectivity index is 1.71. The van der Waals surface area contributed by atoms with Gasteiger partial charge >= 0.3 is 0 Å². The maximum absolute atomic E-state index is 13.5. The zero-order chi connectivity index (χ0) is 23.1. The topological polar surface area (TPSA) is 80.0 Å². The fourth-order valence-corrected chi connectivity index (χ4v) is 4.24. The van der Waals surface area contributed by atoms with Crippen LogP contribution in [0.4, 0.5) is 4.39 Å². The van der Waals surface area contributed by atoms with E-state index in [0.29, 0.717) is 28.7 Å². The summed E-state index contributed by atoms with van der Waals surface area (Å²) in [6.45, 7) is 2.26. The number of hydrogen-bond acceptors (Lipinski definition) is 5. The summed E-state index contributed by atoms with van der Waals surface area (Å²) in [5.74, 6) is -0.622. The van der Waals surface area contributed by atoms with Crippen LogP contribution in [-0.2, 0) is 6.54 Å². The fourth-order valence-electron chi connectivity index (χ4n) is 4.24. The maximum Gasteiger partial charge on any atom is 0.291 e. The summed E-state index contributed by atoms with van der Waals surface area (Å²) in [4.78, 5) is 28.5. The number of nitrogens with zero attached hydrogens (tertiary/aromatic N) is 1. The van der Waals surface area contributed by atoms with E-state index >= 15 is 0 Å². The molecule has 166 valence electrons. The van der Waals surface area contributed by atoms with Crippen LogP contribution in [0.25, 0.3) is 11.0 Å². The predicted molar refractivity (Wildman–Crippen MR) is 120 cm³/mol. The molecule has 0 bridgehead atoms. The second-order valence-corrected chi connectivity index (χ2v) is 7.79. The Morgan fingerprint density at radius 3 is 2.58 bits per heavy atom. The zero-order valence-corrected chi connectivity index (χ0v) is 17.7. The van der Waals surface area contributed by atoms with Gasteiger partial charge in [-0.25, -0.2) is 4.39 Å². The van der Waals surface area contributed by atoms with Crippen molar-refractivity contribution in [2.24, 2.45) is 0 Å². The van der Waals surface area contributed by atoms with Crippen LogP contribution in [0.1, 0.15) is 40.2 Å². The molecule has 0 fully saturated rings. The highest BCUT2D eigenvalue weighted by Gasteiger charge is 2.43. The Morgan fingerprint density at radius 1 is 1.06 bits per heavy atom. The number of benzene rings is 3. The summed E-state index contributed by atoms with van der Waals surface area (Å²) in [6.07, 6.45) is 0. The molecule has 1 aliphatic heterocycles. The van der Waals surface area contributed by atoms with Crippen molar-refractivity contribution in [2.75, 3.05) is 6.61 Å². The molecule has 1 aromatic heterocycles. The van der Waals surface area contributed by atoms with E-state index in [1.807, 2.05) is 0 Å². The SMILES string of the molecule is CCOc1cc(C2c3c(oc4ccccc4c3=O)C(=O)N2Cc2ccc(F)cc2)ccc1O. The van der Waals surface area contributed by atoms with Gasteiger partial charge in [-0.3, -0.25) is 9.59 Å². The van der Waals surface area contributed by atoms with Crippen LogP contribution >= 0.6 is 0 Å². The number of aromatic hydroxyl groups is 1. The van der Waals surface area contributed by atoms with Gasteiger partial charge in [0.25, 0.3) is 5.91 Å². The third kappa shape index (κ3) is 3.51. The molecule has 0 aliphatic carbocycles. The number of phenolic OH excluding ortho intramolecular Hbond substituents is 1. The molecule has 1 atom stereocenters. The molecule has 0 saturated carbocycles. The van der Waals surface area contributed by atoms with Crippen LogP contribution in [0, 0.1) is 5.82 Å². The van der Waals surface area contributed by atoms with Crippen LogP contribution in [0.15, 0.2) is 75.9 Å². The molecule has 0 spiro atoms. The Hall–Kier alpha value is -4.13. The normalized spacial score (nSPS) is 15.2. The standard InChI is InChI=1S/C26H20FNO5/c1-2-32-21-13-16(9-12-19(21)29)23-22-24(30)18-5-3-4-6-20(18)33-25(22)26(31)28(23)14-15-7-10-17(27)11-8-15/h3-13,23,29H,2,14H2,1H3. The number of halogens is 1. The Morgan fingerprint density at radius 2 is 1.82 bits per heavy atom. The second kappa shape index (κ2) is 8.09. The minimum atomic E-state index is -0.766. The highest BCUT2D eigenvalue weighted by atomic mass is 19.1. The lowest BCUT2D eigenvalue weighted by Crippen LogP contribution is -2.29. The number of fused-ring (bicyclic) bond motifs is 2. The number of phenols is 1. The van der Waals surface area contributed by atoms with E-state index in [1.54, 1.807) is 55.5 Å². The molecule has 4 aromatic rings. The van der Waals surface area contributed by atoms with Gasteiger partial charge in [-0.1, -0.05) is 30.3 Å². The van der Waals surface area contributed by atoms with Gasteiger partial charge in [0.1, 0.15) is 11.4 Å². The zero-order valence-electron chi connectivity index (χ0n) is 17.7. The van der Waals surface area contributed by atoms with Gasteiger partial charge in [0.2, 0.25) is 5.76 Å². The first-order valence-electron chi connectivity index (χ1n) is 10.5. The average Bonchev–Trinajstić information content (AvgIpc) is 3.09. The quantitative estimate of drug-likeness (QED) is 0.478. The Kier molecular flexibility index (Phi) is 5.09. The predicted octanol–water partition coefficient (Wildman–Crippen LogP) is 4.78. The minimum absolute atomic E-state index is 0.0168. The molecule has 2 heterocycles. The van der Waals surface area contributed by atoms with E-state index in [9.17, 15) is 19.1 Å². The molecule has 5 rings (SSSR count). The van der Waals surface area contributed by atoms with Crippen LogP contribution in [-0.4, -0.2) is 22.5 Å². The summed E-state index contributed by atoms with van der Waals surface area (Å²) in [7, 11) is 0. The number of amides is 1. The van der Waals surface area contributed by atoms with Crippen LogP contribution in [0.2, 0.25) is 0 Å². The van der Waals surface area contributed by atoms with Crippen LogP contribution in [0.5, 0.6) is 11.5 Å². The lowest BCUT2D eigenvalue weighted by Gasteiger charge is -2.25. The van der Waals surface area contributed by atoms with E-state index < -0.39 is 11.9 Å². The van der Waals surface area contributed by atoms with Crippen LogP contribution in [0.3, 0.4) is 0 Å². The Bertz CT molecular complexity index is 1430. The minimum Gasteiger partial charge on any atom is -0.504 e. The van der Waals surface area contributed by atoms with Gasteiger partial charge < -0.3 is 19.2 Å². The number of para-hydroxylation sites is 1. The molecule has 3 aromatic carbocycles. The van der Waals surface area contributed by atoms with Crippen molar-refractivity contribution in [2.45, 2.75) is 19.5 Å². The van der Waals surface area contributed by atoms with E-state index in [2.05, 4.69) is 0 Å². The third-order valence-corrected chi connectivity index (χ3v) is 5.74. The molecule has 1 N–H and O–H groups in total. The van der Waals surface area contributed by atoms with Crippen molar-refractivity contribution in [1.82, 2.24) is 4.90 Å². The summed E-state index contributed by atoms with van der Waals surface area (Å²) in [5.41, 5.74) is 1.56. The summed E-state index contributed by atoms with van der Waals surface area (Å²) in [6, 6.07) is 16.6. The van der Waals surface area contributed by atoms with Crippen molar-refractivity contribution >= 4 is 16.9 Å². The molecule has 1 unspecified atom stereocenters. The highest BCUT2D eigenvalue weighted by molar-refractivity contribution is 5.99. The molecule has 0 radical (unpaired) electrons. The first-order valence-corrected chi connectivity index (χ1v) is 10.5. The summed E-state index contributed by atoms with van der Waals surface area (Å²) in [5, 5.41) is 10.5. The fraction of sp³-hybridized carbons (Fsp3) is 0.154. The second-order valence-electron chi connectivity index (χ2n) is 7.79. The van der Waals surface area contributed by atoms with Gasteiger partial charge in [-0.15, -0.1) is 0 Å². The van der Waals surface area contributed by atoms with Gasteiger partial charge in [0, 0.05) is 6.54 Å². The van der Waals surface area contributed by atoms with Gasteiger partial charge in [-0.05, 0) is 54.4 Å². The van der Waals surface area contributed by atoms with Crippen molar-refractivity contribution < 1.29 is 23.4 Å². The van der Waals surface area contributed by atoms with E-state index in [-0.39, 0.29) is 40.6 Å². The molecular weight excluding hydrogens is 425 g/mol. The Labute approximate surface area is 188 Å². The monoisotopic (exact) mass is 445 g/mol.